The molecule has 0 amide bonds. The molecule has 1 fully saturated rings. The second-order valence-corrected chi connectivity index (χ2v) is 5.95. The summed E-state index contributed by atoms with van der Waals surface area (Å²) in [7, 11) is 0. The summed E-state index contributed by atoms with van der Waals surface area (Å²) in [6.45, 7) is 2.99. The van der Waals surface area contributed by atoms with E-state index in [1.165, 1.54) is 13.8 Å². The molecule has 4 nitrogen and oxygen atoms in total. The molecular weight excluding hydrogens is 358 g/mol. The topological polar surface area (TPSA) is 63.6 Å². The number of carboxylic acid groups (broad SMARTS) is 1. The zero-order valence-electron chi connectivity index (χ0n) is 11.6. The molecule has 0 aliphatic heterocycles. The van der Waals surface area contributed by atoms with Crippen molar-refractivity contribution in [1.29, 1.82) is 0 Å². The number of aliphatic carboxylic acids is 1. The minimum Gasteiger partial charge on any atom is -0.481 e. The van der Waals surface area contributed by atoms with Gasteiger partial charge in [0.05, 0.1) is 5.92 Å². The molecule has 1 aliphatic carbocycles. The van der Waals surface area contributed by atoms with Gasteiger partial charge in [0.1, 0.15) is 5.03 Å². The van der Waals surface area contributed by atoms with Gasteiger partial charge in [-0.3, -0.25) is 4.79 Å². The lowest BCUT2D eigenvalue weighted by atomic mass is 10.1. The Morgan fingerprint density at radius 3 is 1.91 bits per heavy atom. The van der Waals surface area contributed by atoms with Crippen molar-refractivity contribution in [2.45, 2.75) is 32.3 Å². The fourth-order valence-electron chi connectivity index (χ4n) is 2.17. The van der Waals surface area contributed by atoms with Crippen LogP contribution in [-0.4, -0.2) is 35.5 Å². The van der Waals surface area contributed by atoms with E-state index in [4.69, 9.17) is 16.7 Å². The number of ether oxygens (including phenoxy) is 1. The molecule has 1 saturated carbocycles. The van der Waals surface area contributed by atoms with Gasteiger partial charge in [0, 0.05) is 0 Å². The van der Waals surface area contributed by atoms with E-state index in [2.05, 4.69) is 4.74 Å². The van der Waals surface area contributed by atoms with Gasteiger partial charge in [-0.25, -0.2) is 4.79 Å². The number of hydrogen-bond acceptors (Lipinski definition) is 3. The fraction of sp³-hybridized carbons (Fsp3) is 0.667. The normalized spacial score (nSPS) is 24.5. The minimum absolute atomic E-state index is 0.798. The van der Waals surface area contributed by atoms with Gasteiger partial charge in [-0.15, -0.1) is 0 Å². The van der Waals surface area contributed by atoms with Gasteiger partial charge in [0.25, 0.3) is 6.10 Å². The van der Waals surface area contributed by atoms with Crippen molar-refractivity contribution in [1.82, 2.24) is 0 Å². The second-order valence-electron chi connectivity index (χ2n) is 5.55. The third-order valence-electron chi connectivity index (χ3n) is 3.52. The molecule has 0 radical (unpaired) electrons. The summed E-state index contributed by atoms with van der Waals surface area (Å²) in [5.41, 5.74) is -0.834. The van der Waals surface area contributed by atoms with Crippen LogP contribution in [-0.2, 0) is 14.3 Å². The highest BCUT2D eigenvalue weighted by atomic mass is 35.5. The number of allylic oxidation sites excluding steroid dienone is 1. The predicted octanol–water partition coefficient (Wildman–Crippen LogP) is 3.50. The number of carbonyl (C=O) groups is 2. The smallest absolute Gasteiger partial charge is 0.434 e. The summed E-state index contributed by atoms with van der Waals surface area (Å²) in [5.74, 6) is -5.02. The average molecular weight is 369 g/mol. The maximum atomic E-state index is 12.3. The first-order valence-corrected chi connectivity index (χ1v) is 6.42. The summed E-state index contributed by atoms with van der Waals surface area (Å²) < 4.78 is 77.0. The highest BCUT2D eigenvalue weighted by molar-refractivity contribution is 6.41. The molecule has 0 spiro atoms. The van der Waals surface area contributed by atoms with Gasteiger partial charge in [-0.1, -0.05) is 31.5 Å². The van der Waals surface area contributed by atoms with Crippen LogP contribution in [0, 0.1) is 17.3 Å². The van der Waals surface area contributed by atoms with Gasteiger partial charge < -0.3 is 9.84 Å². The number of carbonyl (C=O) groups excluding carboxylic acids is 1. The first kappa shape index (κ1) is 19.6. The standard InChI is InChI=1S/C12H11ClF6O4/c1-10(2)4(6(10)7(20)21)3-5(13)8(22)23-9(11(14,15)16)12(17,18)19/h3-4,6,9H,1-2H3,(H,20,21). The van der Waals surface area contributed by atoms with Crippen LogP contribution in [0.25, 0.3) is 0 Å². The quantitative estimate of drug-likeness (QED) is 0.468. The molecule has 132 valence electrons. The Morgan fingerprint density at radius 2 is 1.61 bits per heavy atom. The molecule has 23 heavy (non-hydrogen) atoms. The average Bonchev–Trinajstić information content (AvgIpc) is 2.84. The molecule has 0 heterocycles. The number of carboxylic acids is 1. The molecule has 0 aromatic carbocycles. The summed E-state index contributed by atoms with van der Waals surface area (Å²) in [4.78, 5) is 22.2. The lowest BCUT2D eigenvalue weighted by Gasteiger charge is -2.22. The summed E-state index contributed by atoms with van der Waals surface area (Å²) >= 11 is 5.37. The van der Waals surface area contributed by atoms with Crippen molar-refractivity contribution in [3.8, 4) is 0 Å². The van der Waals surface area contributed by atoms with Crippen LogP contribution < -0.4 is 0 Å². The SMILES string of the molecule is CC1(C)C(C=C(Cl)C(=O)OC(C(F)(F)F)C(F)(F)F)C1C(=O)O. The van der Waals surface area contributed by atoms with Crippen molar-refractivity contribution >= 4 is 23.5 Å². The molecule has 1 N–H and O–H groups in total. The van der Waals surface area contributed by atoms with Crippen molar-refractivity contribution in [3.63, 3.8) is 0 Å². The number of esters is 1. The van der Waals surface area contributed by atoms with Crippen LogP contribution in [0.5, 0.6) is 0 Å². The third kappa shape index (κ3) is 4.30. The molecule has 1 rings (SSSR count). The monoisotopic (exact) mass is 368 g/mol. The van der Waals surface area contributed by atoms with Crippen LogP contribution in [0.2, 0.25) is 0 Å². The van der Waals surface area contributed by atoms with Gasteiger partial charge in [-0.05, 0) is 11.3 Å². The molecular formula is C12H11ClF6O4. The number of rotatable bonds is 4. The Labute approximate surface area is 131 Å². The summed E-state index contributed by atoms with van der Waals surface area (Å²) in [6.07, 6.45) is -15.2. The molecule has 0 aromatic heterocycles. The van der Waals surface area contributed by atoms with E-state index in [1.807, 2.05) is 0 Å². The van der Waals surface area contributed by atoms with E-state index in [0.717, 1.165) is 6.08 Å². The first-order valence-electron chi connectivity index (χ1n) is 6.04. The van der Waals surface area contributed by atoms with Crippen LogP contribution >= 0.6 is 11.6 Å². The van der Waals surface area contributed by atoms with E-state index < -0.39 is 52.7 Å². The van der Waals surface area contributed by atoms with E-state index in [9.17, 15) is 35.9 Å². The second kappa shape index (κ2) is 5.88. The van der Waals surface area contributed by atoms with Gasteiger partial charge in [-0.2, -0.15) is 26.3 Å². The summed E-state index contributed by atoms with van der Waals surface area (Å²) in [5, 5.41) is 7.85. The molecule has 0 aromatic rings. The molecule has 0 saturated heterocycles. The van der Waals surface area contributed by atoms with Crippen molar-refractivity contribution in [3.05, 3.63) is 11.1 Å². The lowest BCUT2D eigenvalue weighted by molar-refractivity contribution is -0.312. The Kier molecular flexibility index (Phi) is 5.01. The molecule has 2 atom stereocenters. The van der Waals surface area contributed by atoms with E-state index in [-0.39, 0.29) is 0 Å². The first-order chi connectivity index (χ1) is 10.1. The highest BCUT2D eigenvalue weighted by Crippen LogP contribution is 2.59. The number of halogens is 7. The van der Waals surface area contributed by atoms with Crippen molar-refractivity contribution < 1.29 is 45.8 Å². The van der Waals surface area contributed by atoms with Crippen LogP contribution in [0.1, 0.15) is 13.8 Å². The Hall–Kier alpha value is -1.45. The summed E-state index contributed by atoms with van der Waals surface area (Å²) in [6, 6.07) is 0. The maximum Gasteiger partial charge on any atom is 0.434 e. The predicted molar refractivity (Wildman–Crippen MR) is 64.3 cm³/mol. The van der Waals surface area contributed by atoms with Crippen LogP contribution in [0.3, 0.4) is 0 Å². The highest BCUT2D eigenvalue weighted by Gasteiger charge is 2.62. The molecule has 0 bridgehead atoms. The third-order valence-corrected chi connectivity index (χ3v) is 3.80. The number of alkyl halides is 6. The minimum atomic E-state index is -5.85. The van der Waals surface area contributed by atoms with E-state index >= 15 is 0 Å². The Morgan fingerprint density at radius 1 is 1.17 bits per heavy atom. The van der Waals surface area contributed by atoms with E-state index in [1.54, 1.807) is 0 Å². The lowest BCUT2D eigenvalue weighted by Crippen LogP contribution is -2.45. The zero-order valence-corrected chi connectivity index (χ0v) is 12.4. The Bertz CT molecular complexity index is 523. The van der Waals surface area contributed by atoms with Crippen LogP contribution in [0.4, 0.5) is 26.3 Å². The van der Waals surface area contributed by atoms with Crippen molar-refractivity contribution in [2.24, 2.45) is 17.3 Å². The van der Waals surface area contributed by atoms with Gasteiger partial charge in [0.15, 0.2) is 0 Å². The van der Waals surface area contributed by atoms with Gasteiger partial charge in [0.2, 0.25) is 0 Å². The molecule has 2 unspecified atom stereocenters. The molecule has 1 aliphatic rings. The van der Waals surface area contributed by atoms with Crippen LogP contribution in [0.15, 0.2) is 11.1 Å². The number of hydrogen-bond donors (Lipinski definition) is 1. The zero-order chi connectivity index (χ0) is 18.4. The largest absolute Gasteiger partial charge is 0.481 e. The van der Waals surface area contributed by atoms with E-state index in [0.29, 0.717) is 0 Å². The maximum absolute atomic E-state index is 12.3. The molecule has 11 heteroatoms. The van der Waals surface area contributed by atoms with Gasteiger partial charge >= 0.3 is 24.3 Å². The fourth-order valence-corrected chi connectivity index (χ4v) is 2.35. The Balaban J connectivity index is 2.89. The van der Waals surface area contributed by atoms with Crippen molar-refractivity contribution in [2.75, 3.05) is 0 Å².